The Bertz CT molecular complexity index is 748. The van der Waals surface area contributed by atoms with Gasteiger partial charge >= 0.3 is 0 Å². The number of aromatic nitrogens is 2. The van der Waals surface area contributed by atoms with Crippen LogP contribution in [0.5, 0.6) is 0 Å². The molecule has 5 heteroatoms. The lowest BCUT2D eigenvalue weighted by atomic mass is 10.1. The van der Waals surface area contributed by atoms with E-state index in [4.69, 9.17) is 9.72 Å². The van der Waals surface area contributed by atoms with Gasteiger partial charge in [-0.3, -0.25) is 14.3 Å². The average Bonchev–Trinajstić information content (AvgIpc) is 2.59. The molecule has 0 spiro atoms. The van der Waals surface area contributed by atoms with E-state index in [1.807, 2.05) is 31.3 Å². The van der Waals surface area contributed by atoms with Crippen LogP contribution in [0.3, 0.4) is 0 Å². The molecule has 5 nitrogen and oxygen atoms in total. The van der Waals surface area contributed by atoms with Crippen LogP contribution in [0.25, 0.3) is 10.9 Å². The summed E-state index contributed by atoms with van der Waals surface area (Å²) in [5, 5.41) is 0.676. The summed E-state index contributed by atoms with van der Waals surface area (Å²) in [6.45, 7) is 6.78. The summed E-state index contributed by atoms with van der Waals surface area (Å²) in [7, 11) is 1.81. The summed E-state index contributed by atoms with van der Waals surface area (Å²) < 4.78 is 7.57. The van der Waals surface area contributed by atoms with Crippen molar-refractivity contribution in [3.8, 4) is 0 Å². The van der Waals surface area contributed by atoms with Gasteiger partial charge in [0.1, 0.15) is 5.82 Å². The monoisotopic (exact) mass is 329 g/mol. The molecule has 1 aliphatic rings. The van der Waals surface area contributed by atoms with E-state index in [9.17, 15) is 4.79 Å². The highest BCUT2D eigenvalue weighted by Crippen LogP contribution is 2.17. The van der Waals surface area contributed by atoms with Gasteiger partial charge in [-0.05, 0) is 45.2 Å². The average molecular weight is 329 g/mol. The van der Waals surface area contributed by atoms with Crippen molar-refractivity contribution >= 4 is 10.9 Å². The summed E-state index contributed by atoms with van der Waals surface area (Å²) >= 11 is 0. The maximum absolute atomic E-state index is 12.6. The first kappa shape index (κ1) is 17.1. The minimum absolute atomic E-state index is 0.0215. The Morgan fingerprint density at radius 3 is 2.83 bits per heavy atom. The van der Waals surface area contributed by atoms with Crippen LogP contribution < -0.4 is 5.56 Å². The first-order chi connectivity index (χ1) is 11.6. The van der Waals surface area contributed by atoms with E-state index < -0.39 is 0 Å². The molecular weight excluding hydrogens is 302 g/mol. The van der Waals surface area contributed by atoms with E-state index in [0.717, 1.165) is 30.9 Å². The second-order valence-electron chi connectivity index (χ2n) is 6.92. The van der Waals surface area contributed by atoms with Gasteiger partial charge in [0.25, 0.3) is 5.56 Å². The van der Waals surface area contributed by atoms with Crippen LogP contribution in [-0.2, 0) is 18.3 Å². The highest BCUT2D eigenvalue weighted by molar-refractivity contribution is 5.77. The largest absolute Gasteiger partial charge is 0.377 e. The van der Waals surface area contributed by atoms with Crippen LogP contribution in [0, 0.1) is 0 Å². The van der Waals surface area contributed by atoms with Crippen molar-refractivity contribution in [2.24, 2.45) is 7.05 Å². The van der Waals surface area contributed by atoms with Gasteiger partial charge in [0.15, 0.2) is 0 Å². The van der Waals surface area contributed by atoms with Crippen LogP contribution >= 0.6 is 0 Å². The van der Waals surface area contributed by atoms with Crippen molar-refractivity contribution in [3.05, 3.63) is 40.4 Å². The number of hydrogen-bond acceptors (Lipinski definition) is 4. The first-order valence-electron chi connectivity index (χ1n) is 8.86. The fourth-order valence-corrected chi connectivity index (χ4v) is 3.26. The number of fused-ring (bicyclic) bond motifs is 1. The lowest BCUT2D eigenvalue weighted by Gasteiger charge is -2.32. The summed E-state index contributed by atoms with van der Waals surface area (Å²) in [6, 6.07) is 7.92. The predicted octanol–water partition coefficient (Wildman–Crippen LogP) is 2.71. The fraction of sp³-hybridized carbons (Fsp3) is 0.579. The van der Waals surface area contributed by atoms with Gasteiger partial charge in [0.2, 0.25) is 0 Å². The molecule has 0 unspecified atom stereocenters. The first-order valence-corrected chi connectivity index (χ1v) is 8.86. The zero-order valence-corrected chi connectivity index (χ0v) is 14.9. The number of ether oxygens (including phenoxy) is 1. The number of nitrogens with zero attached hydrogens (tertiary/aromatic N) is 3. The van der Waals surface area contributed by atoms with E-state index in [1.54, 1.807) is 4.57 Å². The quantitative estimate of drug-likeness (QED) is 0.846. The molecule has 2 heterocycles. The number of hydrogen-bond donors (Lipinski definition) is 0. The summed E-state index contributed by atoms with van der Waals surface area (Å²) in [4.78, 5) is 19.7. The molecule has 0 saturated carbocycles. The molecule has 0 aliphatic carbocycles. The van der Waals surface area contributed by atoms with Gasteiger partial charge < -0.3 is 4.74 Å². The Balaban J connectivity index is 1.85. The standard InChI is InChI=1S/C19H27N3O2/c1-14(2)22(12-15-8-6-7-11-24-15)13-18-20-17-10-5-4-9-16(17)19(23)21(18)3/h4-5,9-10,14-15H,6-8,11-13H2,1-3H3/t15-/m0/s1. The molecule has 1 fully saturated rings. The predicted molar refractivity (Wildman–Crippen MR) is 96.1 cm³/mol. The Labute approximate surface area is 143 Å². The number of rotatable bonds is 5. The van der Waals surface area contributed by atoms with Crippen LogP contribution in [-0.4, -0.2) is 39.7 Å². The van der Waals surface area contributed by atoms with Crippen LogP contribution in [0.1, 0.15) is 38.9 Å². The number of para-hydroxylation sites is 1. The SMILES string of the molecule is CC(C)N(Cc1nc2ccccc2c(=O)n1C)C[C@@H]1CCCCO1. The highest BCUT2D eigenvalue weighted by atomic mass is 16.5. The lowest BCUT2D eigenvalue weighted by molar-refractivity contribution is -0.0136. The molecule has 1 aliphatic heterocycles. The molecule has 1 aromatic heterocycles. The minimum Gasteiger partial charge on any atom is -0.377 e. The molecule has 130 valence electrons. The zero-order valence-electron chi connectivity index (χ0n) is 14.9. The second-order valence-corrected chi connectivity index (χ2v) is 6.92. The van der Waals surface area contributed by atoms with Crippen LogP contribution in [0.15, 0.2) is 29.1 Å². The van der Waals surface area contributed by atoms with Crippen molar-refractivity contribution in [2.45, 2.75) is 51.8 Å². The molecule has 3 rings (SSSR count). The Morgan fingerprint density at radius 2 is 2.12 bits per heavy atom. The third kappa shape index (κ3) is 3.68. The maximum atomic E-state index is 12.6. The smallest absolute Gasteiger partial charge is 0.261 e. The molecule has 0 radical (unpaired) electrons. The summed E-state index contributed by atoms with van der Waals surface area (Å²) in [5.41, 5.74) is 0.793. The molecule has 1 aromatic carbocycles. The molecule has 0 amide bonds. The van der Waals surface area contributed by atoms with Gasteiger partial charge in [0.05, 0.1) is 23.6 Å². The zero-order chi connectivity index (χ0) is 17.1. The van der Waals surface area contributed by atoms with E-state index >= 15 is 0 Å². The molecule has 0 bridgehead atoms. The third-order valence-electron chi connectivity index (χ3n) is 4.86. The Hall–Kier alpha value is -1.72. The van der Waals surface area contributed by atoms with Gasteiger partial charge in [-0.25, -0.2) is 4.98 Å². The van der Waals surface area contributed by atoms with Gasteiger partial charge in [0, 0.05) is 26.2 Å². The summed E-state index contributed by atoms with van der Waals surface area (Å²) in [6.07, 6.45) is 3.81. The van der Waals surface area contributed by atoms with Crippen molar-refractivity contribution in [2.75, 3.05) is 13.2 Å². The Kier molecular flexibility index (Phi) is 5.31. The van der Waals surface area contributed by atoms with E-state index in [2.05, 4.69) is 18.7 Å². The maximum Gasteiger partial charge on any atom is 0.261 e. The summed E-state index contributed by atoms with van der Waals surface area (Å²) in [5.74, 6) is 0.809. The minimum atomic E-state index is 0.0215. The molecular formula is C19H27N3O2. The second kappa shape index (κ2) is 7.45. The van der Waals surface area contributed by atoms with Crippen LogP contribution in [0.2, 0.25) is 0 Å². The molecule has 0 N–H and O–H groups in total. The van der Waals surface area contributed by atoms with Crippen molar-refractivity contribution in [1.82, 2.24) is 14.5 Å². The Morgan fingerprint density at radius 1 is 1.33 bits per heavy atom. The number of benzene rings is 1. The molecule has 2 aromatic rings. The topological polar surface area (TPSA) is 47.4 Å². The van der Waals surface area contributed by atoms with Crippen molar-refractivity contribution < 1.29 is 4.74 Å². The van der Waals surface area contributed by atoms with Crippen molar-refractivity contribution in [1.29, 1.82) is 0 Å². The lowest BCUT2D eigenvalue weighted by Crippen LogP contribution is -2.40. The van der Waals surface area contributed by atoms with Crippen molar-refractivity contribution in [3.63, 3.8) is 0 Å². The van der Waals surface area contributed by atoms with Gasteiger partial charge in [-0.15, -0.1) is 0 Å². The van der Waals surface area contributed by atoms with Gasteiger partial charge in [-0.1, -0.05) is 12.1 Å². The van der Waals surface area contributed by atoms with E-state index in [0.29, 0.717) is 24.1 Å². The molecule has 1 atom stereocenters. The fourth-order valence-electron chi connectivity index (χ4n) is 3.26. The van der Waals surface area contributed by atoms with E-state index in [1.165, 1.54) is 12.8 Å². The highest BCUT2D eigenvalue weighted by Gasteiger charge is 2.21. The third-order valence-corrected chi connectivity index (χ3v) is 4.86. The van der Waals surface area contributed by atoms with E-state index in [-0.39, 0.29) is 5.56 Å². The normalized spacial score (nSPS) is 18.6. The molecule has 24 heavy (non-hydrogen) atoms. The molecule has 1 saturated heterocycles. The van der Waals surface area contributed by atoms with Gasteiger partial charge in [-0.2, -0.15) is 0 Å². The van der Waals surface area contributed by atoms with Crippen LogP contribution in [0.4, 0.5) is 0 Å².